The molecule has 10 heteroatoms. The van der Waals surface area contributed by atoms with Crippen molar-refractivity contribution in [2.45, 2.75) is 0 Å². The van der Waals surface area contributed by atoms with Gasteiger partial charge in [-0.05, 0) is 12.1 Å². The molecular formula is C13H11N9O. The van der Waals surface area contributed by atoms with E-state index < -0.39 is 5.56 Å². The van der Waals surface area contributed by atoms with Gasteiger partial charge < -0.3 is 11.6 Å². The van der Waals surface area contributed by atoms with Gasteiger partial charge in [0.2, 0.25) is 17.3 Å². The second-order valence-corrected chi connectivity index (χ2v) is 4.85. The minimum absolute atomic E-state index is 0.0117. The van der Waals surface area contributed by atoms with Crippen molar-refractivity contribution in [1.82, 2.24) is 28.8 Å². The van der Waals surface area contributed by atoms with Crippen LogP contribution < -0.4 is 22.8 Å². The van der Waals surface area contributed by atoms with Crippen molar-refractivity contribution in [3.8, 4) is 5.69 Å². The maximum absolute atomic E-state index is 12.6. The molecule has 23 heavy (non-hydrogen) atoms. The summed E-state index contributed by atoms with van der Waals surface area (Å²) in [6.07, 6.45) is 1.40. The van der Waals surface area contributed by atoms with Crippen molar-refractivity contribution in [2.75, 3.05) is 11.6 Å². The smallest absolute Gasteiger partial charge is 0.273 e. The summed E-state index contributed by atoms with van der Waals surface area (Å²) in [7, 11) is 0. The second kappa shape index (κ2) is 4.40. The first kappa shape index (κ1) is 13.0. The molecule has 0 saturated heterocycles. The van der Waals surface area contributed by atoms with E-state index in [4.69, 9.17) is 17.0 Å². The molecule has 0 saturated carbocycles. The summed E-state index contributed by atoms with van der Waals surface area (Å²) < 4.78 is 3.47. The summed E-state index contributed by atoms with van der Waals surface area (Å²) in [5.41, 5.74) is 5.88. The maximum Gasteiger partial charge on any atom is 0.273 e. The highest BCUT2D eigenvalue weighted by Gasteiger charge is 2.16. The minimum Gasteiger partial charge on any atom is -0.368 e. The Morgan fingerprint density at radius 2 is 1.87 bits per heavy atom. The molecule has 0 radical (unpaired) electrons. The fraction of sp³-hybridized carbons (Fsp3) is 0. The lowest BCUT2D eigenvalue weighted by molar-refractivity contribution is 0.791. The Bertz CT molecular complexity index is 1170. The molecule has 3 heterocycles. The van der Waals surface area contributed by atoms with Crippen LogP contribution in [-0.4, -0.2) is 28.8 Å². The second-order valence-electron chi connectivity index (χ2n) is 4.85. The molecular weight excluding hydrogens is 298 g/mol. The molecule has 10 nitrogen and oxygen atoms in total. The predicted octanol–water partition coefficient (Wildman–Crippen LogP) is -0.995. The van der Waals surface area contributed by atoms with Crippen molar-refractivity contribution in [2.24, 2.45) is 0 Å². The van der Waals surface area contributed by atoms with Gasteiger partial charge in [-0.25, -0.2) is 9.08 Å². The van der Waals surface area contributed by atoms with E-state index in [-0.39, 0.29) is 22.7 Å². The zero-order chi connectivity index (χ0) is 16.1. The van der Waals surface area contributed by atoms with Crippen LogP contribution in [0.2, 0.25) is 0 Å². The summed E-state index contributed by atoms with van der Waals surface area (Å²) in [5.74, 6) is 5.69. The van der Waals surface area contributed by atoms with Gasteiger partial charge in [-0.3, -0.25) is 10.2 Å². The highest BCUT2D eigenvalue weighted by atomic mass is 16.1. The lowest BCUT2D eigenvalue weighted by Gasteiger charge is -2.08. The van der Waals surface area contributed by atoms with Gasteiger partial charge in [0.15, 0.2) is 5.65 Å². The number of nitrogen functional groups attached to an aromatic ring is 2. The van der Waals surface area contributed by atoms with E-state index in [0.717, 1.165) is 14.8 Å². The minimum atomic E-state index is -0.483. The summed E-state index contributed by atoms with van der Waals surface area (Å²) in [4.78, 5) is 20.7. The van der Waals surface area contributed by atoms with Crippen molar-refractivity contribution in [3.05, 3.63) is 52.5 Å². The van der Waals surface area contributed by atoms with Crippen LogP contribution >= 0.6 is 0 Å². The maximum atomic E-state index is 12.6. The van der Waals surface area contributed by atoms with Crippen molar-refractivity contribution in [3.63, 3.8) is 0 Å². The SMILES string of the molecule is N=c1nc(N)n(N)c2nc3c(cnn3-c3ccccc3)c(=O)n12. The molecule has 0 fully saturated rings. The molecule has 4 aromatic rings. The number of para-hydroxylation sites is 1. The average Bonchev–Trinajstić information content (AvgIpc) is 2.97. The molecule has 1 aromatic carbocycles. The summed E-state index contributed by atoms with van der Waals surface area (Å²) in [5, 5.41) is 12.3. The van der Waals surface area contributed by atoms with Crippen LogP contribution in [-0.2, 0) is 0 Å². The normalized spacial score (nSPS) is 11.3. The number of hydrogen-bond acceptors (Lipinski definition) is 7. The lowest BCUT2D eigenvalue weighted by Crippen LogP contribution is -2.36. The Morgan fingerprint density at radius 1 is 1.13 bits per heavy atom. The van der Waals surface area contributed by atoms with Crippen molar-refractivity contribution >= 4 is 22.8 Å². The zero-order valence-electron chi connectivity index (χ0n) is 11.7. The van der Waals surface area contributed by atoms with Gasteiger partial charge >= 0.3 is 0 Å². The molecule has 0 aliphatic carbocycles. The molecule has 0 spiro atoms. The van der Waals surface area contributed by atoms with E-state index in [1.165, 1.54) is 10.9 Å². The third-order valence-electron chi connectivity index (χ3n) is 3.48. The largest absolute Gasteiger partial charge is 0.368 e. The number of hydrogen-bond donors (Lipinski definition) is 3. The van der Waals surface area contributed by atoms with Crippen molar-refractivity contribution < 1.29 is 0 Å². The van der Waals surface area contributed by atoms with Crippen LogP contribution in [0.4, 0.5) is 5.95 Å². The highest BCUT2D eigenvalue weighted by Crippen LogP contribution is 2.14. The van der Waals surface area contributed by atoms with E-state index in [0.29, 0.717) is 5.65 Å². The van der Waals surface area contributed by atoms with Gasteiger partial charge in [0.05, 0.1) is 11.9 Å². The van der Waals surface area contributed by atoms with E-state index >= 15 is 0 Å². The Labute approximate surface area is 127 Å². The van der Waals surface area contributed by atoms with Gasteiger partial charge in [0, 0.05) is 0 Å². The standard InChI is InChI=1S/C13H11N9O/c14-11-19-12(15)21(16)13-18-9-8(10(23)20(11)13)6-17-22(9)7-4-2-1-3-5-7/h1-6H,16H2,(H3,14,15,19). The number of nitrogens with one attached hydrogen (secondary N) is 1. The fourth-order valence-corrected chi connectivity index (χ4v) is 2.38. The van der Waals surface area contributed by atoms with E-state index in [9.17, 15) is 4.79 Å². The molecule has 0 bridgehead atoms. The number of fused-ring (bicyclic) bond motifs is 2. The summed E-state index contributed by atoms with van der Waals surface area (Å²) >= 11 is 0. The average molecular weight is 309 g/mol. The Balaban J connectivity index is 2.21. The van der Waals surface area contributed by atoms with Gasteiger partial charge in [-0.1, -0.05) is 18.2 Å². The van der Waals surface area contributed by atoms with Gasteiger partial charge in [-0.2, -0.15) is 19.7 Å². The quantitative estimate of drug-likeness (QED) is 0.385. The van der Waals surface area contributed by atoms with Crippen LogP contribution in [0.1, 0.15) is 0 Å². The number of nitrogens with zero attached hydrogens (tertiary/aromatic N) is 6. The number of rotatable bonds is 1. The van der Waals surface area contributed by atoms with Gasteiger partial charge in [-0.15, -0.1) is 0 Å². The van der Waals surface area contributed by atoms with Gasteiger partial charge in [0.1, 0.15) is 5.39 Å². The zero-order valence-corrected chi connectivity index (χ0v) is 11.7. The van der Waals surface area contributed by atoms with E-state index in [1.54, 1.807) is 0 Å². The highest BCUT2D eigenvalue weighted by molar-refractivity contribution is 5.77. The third kappa shape index (κ3) is 1.71. The predicted molar refractivity (Wildman–Crippen MR) is 82.3 cm³/mol. The first-order chi connectivity index (χ1) is 11.1. The molecule has 114 valence electrons. The summed E-state index contributed by atoms with van der Waals surface area (Å²) in [6.45, 7) is 0. The van der Waals surface area contributed by atoms with Crippen LogP contribution in [0, 0.1) is 5.41 Å². The Kier molecular flexibility index (Phi) is 2.49. The van der Waals surface area contributed by atoms with Gasteiger partial charge in [0.25, 0.3) is 5.56 Å². The molecule has 0 unspecified atom stereocenters. The monoisotopic (exact) mass is 309 g/mol. The number of aromatic nitrogens is 6. The van der Waals surface area contributed by atoms with Crippen molar-refractivity contribution in [1.29, 1.82) is 5.41 Å². The van der Waals surface area contributed by atoms with Crippen LogP contribution in [0.3, 0.4) is 0 Å². The molecule has 0 aliphatic rings. The molecule has 5 N–H and O–H groups in total. The van der Waals surface area contributed by atoms with Crippen LogP contribution in [0.25, 0.3) is 22.5 Å². The Hall–Kier alpha value is -3.69. The fourth-order valence-electron chi connectivity index (χ4n) is 2.38. The third-order valence-corrected chi connectivity index (χ3v) is 3.48. The number of nitrogens with two attached hydrogens (primary N) is 2. The number of benzene rings is 1. The molecule has 0 atom stereocenters. The first-order valence-corrected chi connectivity index (χ1v) is 6.62. The summed E-state index contributed by atoms with van der Waals surface area (Å²) in [6, 6.07) is 9.25. The molecule has 0 aliphatic heterocycles. The van der Waals surface area contributed by atoms with Crippen LogP contribution in [0.15, 0.2) is 41.3 Å². The topological polar surface area (TPSA) is 146 Å². The van der Waals surface area contributed by atoms with Crippen LogP contribution in [0.5, 0.6) is 0 Å². The lowest BCUT2D eigenvalue weighted by atomic mass is 10.3. The van der Waals surface area contributed by atoms with E-state index in [1.807, 2.05) is 30.3 Å². The van der Waals surface area contributed by atoms with E-state index in [2.05, 4.69) is 15.1 Å². The molecule has 0 amide bonds. The Morgan fingerprint density at radius 3 is 2.61 bits per heavy atom. The number of anilines is 1. The first-order valence-electron chi connectivity index (χ1n) is 6.62. The molecule has 4 rings (SSSR count). The molecule has 3 aromatic heterocycles.